The van der Waals surface area contributed by atoms with E-state index < -0.39 is 0 Å². The predicted molar refractivity (Wildman–Crippen MR) is 49.8 cm³/mol. The minimum absolute atomic E-state index is 0.0266. The summed E-state index contributed by atoms with van der Waals surface area (Å²) in [5, 5.41) is 0. The van der Waals surface area contributed by atoms with Crippen LogP contribution in [0.25, 0.3) is 0 Å². The fraction of sp³-hybridized carbons (Fsp3) is 0.286. The van der Waals surface area contributed by atoms with Gasteiger partial charge < -0.3 is 0 Å². The van der Waals surface area contributed by atoms with Gasteiger partial charge in [-0.1, -0.05) is 22.6 Å². The van der Waals surface area contributed by atoms with E-state index in [-0.39, 0.29) is 9.71 Å². The van der Waals surface area contributed by atoms with Crippen molar-refractivity contribution >= 4 is 28.4 Å². The van der Waals surface area contributed by atoms with Crippen LogP contribution < -0.4 is 0 Å². The van der Waals surface area contributed by atoms with Crippen molar-refractivity contribution < 1.29 is 4.79 Å². The number of Topliss-reactive ketones (excluding diaryl/α,β-unsaturated/α-hetero) is 1. The molecule has 1 rings (SSSR count). The van der Waals surface area contributed by atoms with Crippen LogP contribution in [-0.2, 0) is 0 Å². The monoisotopic (exact) mass is 262 g/mol. The third kappa shape index (κ3) is 2.21. The summed E-state index contributed by atoms with van der Waals surface area (Å²) >= 11 is 2.05. The number of halogens is 1. The van der Waals surface area contributed by atoms with Gasteiger partial charge in [-0.25, -0.2) is 4.98 Å². The molecule has 0 amide bonds. The van der Waals surface area contributed by atoms with Crippen LogP contribution in [0.1, 0.15) is 17.4 Å². The van der Waals surface area contributed by atoms with Gasteiger partial charge in [0.2, 0.25) is 0 Å². The van der Waals surface area contributed by atoms with Crippen molar-refractivity contribution in [2.24, 2.45) is 0 Å². The molecule has 0 bridgehead atoms. The Morgan fingerprint density at radius 1 is 1.64 bits per heavy atom. The second kappa shape index (κ2) is 3.75. The maximum atomic E-state index is 11.2. The van der Waals surface area contributed by atoms with Gasteiger partial charge in [-0.05, 0) is 6.92 Å². The summed E-state index contributed by atoms with van der Waals surface area (Å²) in [4.78, 5) is 18.9. The summed E-state index contributed by atoms with van der Waals surface area (Å²) in [7, 11) is 0. The summed E-state index contributed by atoms with van der Waals surface area (Å²) in [6.45, 7) is 1.83. The lowest BCUT2D eigenvalue weighted by molar-refractivity contribution is 0.0993. The Labute approximate surface area is 78.4 Å². The SMILES string of the molecule is CC(I)C(=O)c1cnccn1. The maximum Gasteiger partial charge on any atom is 0.195 e. The molecule has 1 aromatic heterocycles. The van der Waals surface area contributed by atoms with Crippen molar-refractivity contribution in [3.8, 4) is 0 Å². The van der Waals surface area contributed by atoms with Gasteiger partial charge in [0, 0.05) is 12.4 Å². The zero-order chi connectivity index (χ0) is 8.27. The molecule has 1 atom stereocenters. The molecule has 0 aliphatic heterocycles. The molecule has 1 heterocycles. The minimum atomic E-state index is -0.0377. The van der Waals surface area contributed by atoms with Gasteiger partial charge >= 0.3 is 0 Å². The first kappa shape index (κ1) is 8.58. The van der Waals surface area contributed by atoms with Crippen LogP contribution in [0.5, 0.6) is 0 Å². The van der Waals surface area contributed by atoms with Gasteiger partial charge in [-0.2, -0.15) is 0 Å². The number of carbonyl (C=O) groups excluding carboxylic acids is 1. The van der Waals surface area contributed by atoms with Gasteiger partial charge in [-0.15, -0.1) is 0 Å². The molecule has 1 unspecified atom stereocenters. The normalized spacial score (nSPS) is 12.5. The number of nitrogens with zero attached hydrogens (tertiary/aromatic N) is 2. The number of aromatic nitrogens is 2. The molecule has 3 nitrogen and oxygen atoms in total. The molecule has 0 spiro atoms. The molecule has 1 aromatic rings. The number of carbonyl (C=O) groups is 1. The lowest BCUT2D eigenvalue weighted by atomic mass is 10.2. The van der Waals surface area contributed by atoms with Crippen LogP contribution in [0.15, 0.2) is 18.6 Å². The van der Waals surface area contributed by atoms with Crippen molar-refractivity contribution in [3.05, 3.63) is 24.3 Å². The first-order valence-corrected chi connectivity index (χ1v) is 4.40. The van der Waals surface area contributed by atoms with Crippen molar-refractivity contribution in [3.63, 3.8) is 0 Å². The second-order valence-electron chi connectivity index (χ2n) is 2.07. The minimum Gasteiger partial charge on any atom is -0.291 e. The van der Waals surface area contributed by atoms with Crippen molar-refractivity contribution in [2.75, 3.05) is 0 Å². The molecule has 0 fully saturated rings. The lowest BCUT2D eigenvalue weighted by Crippen LogP contribution is -2.11. The van der Waals surface area contributed by atoms with E-state index in [0.29, 0.717) is 5.69 Å². The van der Waals surface area contributed by atoms with Crippen LogP contribution in [0.4, 0.5) is 0 Å². The molecule has 4 heteroatoms. The molecular weight excluding hydrogens is 255 g/mol. The second-order valence-corrected chi connectivity index (χ2v) is 3.94. The van der Waals surface area contributed by atoms with Crippen LogP contribution in [0, 0.1) is 0 Å². The van der Waals surface area contributed by atoms with E-state index in [1.807, 2.05) is 6.92 Å². The molecule has 0 aromatic carbocycles. The van der Waals surface area contributed by atoms with E-state index in [1.165, 1.54) is 12.4 Å². The summed E-state index contributed by atoms with van der Waals surface area (Å²) < 4.78 is -0.0377. The smallest absolute Gasteiger partial charge is 0.195 e. The Hall–Kier alpha value is -0.520. The predicted octanol–water partition coefficient (Wildman–Crippen LogP) is 1.48. The molecule has 0 N–H and O–H groups in total. The third-order valence-electron chi connectivity index (χ3n) is 1.18. The molecule has 0 aliphatic carbocycles. The van der Waals surface area contributed by atoms with Crippen molar-refractivity contribution in [1.29, 1.82) is 0 Å². The lowest BCUT2D eigenvalue weighted by Gasteiger charge is -1.98. The van der Waals surface area contributed by atoms with E-state index >= 15 is 0 Å². The zero-order valence-corrected chi connectivity index (χ0v) is 8.15. The van der Waals surface area contributed by atoms with Gasteiger partial charge in [0.05, 0.1) is 10.1 Å². The van der Waals surface area contributed by atoms with E-state index in [4.69, 9.17) is 0 Å². The van der Waals surface area contributed by atoms with Crippen LogP contribution in [0.2, 0.25) is 0 Å². The Morgan fingerprint density at radius 2 is 2.36 bits per heavy atom. The molecule has 58 valence electrons. The number of hydrogen-bond acceptors (Lipinski definition) is 3. The molecule has 0 saturated carbocycles. The highest BCUT2D eigenvalue weighted by Crippen LogP contribution is 2.05. The zero-order valence-electron chi connectivity index (χ0n) is 5.99. The summed E-state index contributed by atoms with van der Waals surface area (Å²) in [5.41, 5.74) is 0.439. The Bertz CT molecular complexity index is 248. The van der Waals surface area contributed by atoms with Crippen molar-refractivity contribution in [1.82, 2.24) is 9.97 Å². The number of alkyl halides is 1. The van der Waals surface area contributed by atoms with Crippen LogP contribution in [0.3, 0.4) is 0 Å². The summed E-state index contributed by atoms with van der Waals surface area (Å²) in [6.07, 6.45) is 4.55. The summed E-state index contributed by atoms with van der Waals surface area (Å²) in [6, 6.07) is 0. The molecule has 11 heavy (non-hydrogen) atoms. The fourth-order valence-corrected chi connectivity index (χ4v) is 0.949. The van der Waals surface area contributed by atoms with Gasteiger partial charge in [0.1, 0.15) is 5.69 Å². The third-order valence-corrected chi connectivity index (χ3v) is 1.74. The van der Waals surface area contributed by atoms with Gasteiger partial charge in [0.15, 0.2) is 5.78 Å². The average Bonchev–Trinajstić information content (AvgIpc) is 2.05. The standard InChI is InChI=1S/C7H7IN2O/c1-5(8)7(11)6-4-9-2-3-10-6/h2-5H,1H3. The van der Waals surface area contributed by atoms with Crippen LogP contribution >= 0.6 is 22.6 Å². The number of hydrogen-bond donors (Lipinski definition) is 0. The molecular formula is C7H7IN2O. The Morgan fingerprint density at radius 3 is 2.82 bits per heavy atom. The van der Waals surface area contributed by atoms with E-state index in [1.54, 1.807) is 6.20 Å². The molecule has 0 saturated heterocycles. The topological polar surface area (TPSA) is 42.9 Å². The first-order chi connectivity index (χ1) is 5.22. The van der Waals surface area contributed by atoms with Crippen LogP contribution in [-0.4, -0.2) is 19.7 Å². The Kier molecular flexibility index (Phi) is 2.92. The highest BCUT2D eigenvalue weighted by Gasteiger charge is 2.12. The molecule has 0 aliphatic rings. The summed E-state index contributed by atoms with van der Waals surface area (Å²) in [5.74, 6) is 0.0266. The van der Waals surface area contributed by atoms with E-state index in [0.717, 1.165) is 0 Å². The maximum absolute atomic E-state index is 11.2. The largest absolute Gasteiger partial charge is 0.291 e. The highest BCUT2D eigenvalue weighted by molar-refractivity contribution is 14.1. The van der Waals surface area contributed by atoms with E-state index in [2.05, 4.69) is 32.6 Å². The van der Waals surface area contributed by atoms with E-state index in [9.17, 15) is 4.79 Å². The van der Waals surface area contributed by atoms with Crippen molar-refractivity contribution in [2.45, 2.75) is 10.8 Å². The quantitative estimate of drug-likeness (QED) is 0.460. The van der Waals surface area contributed by atoms with Gasteiger partial charge in [-0.3, -0.25) is 9.78 Å². The fourth-order valence-electron chi connectivity index (χ4n) is 0.630. The molecule has 0 radical (unpaired) electrons. The Balaban J connectivity index is 2.86. The first-order valence-electron chi connectivity index (χ1n) is 3.16. The average molecular weight is 262 g/mol. The van der Waals surface area contributed by atoms with Gasteiger partial charge in [0.25, 0.3) is 0 Å². The number of rotatable bonds is 2. The highest BCUT2D eigenvalue weighted by atomic mass is 127. The number of ketones is 1.